The van der Waals surface area contributed by atoms with Crippen LogP contribution in [0.15, 0.2) is 24.8 Å². The van der Waals surface area contributed by atoms with Crippen LogP contribution in [0.4, 0.5) is 0 Å². The van der Waals surface area contributed by atoms with Gasteiger partial charge in [0.15, 0.2) is 0 Å². The van der Waals surface area contributed by atoms with E-state index in [1.807, 2.05) is 0 Å². The van der Waals surface area contributed by atoms with Crippen molar-refractivity contribution in [2.24, 2.45) is 0 Å². The van der Waals surface area contributed by atoms with Crippen molar-refractivity contribution in [3.8, 4) is 0 Å². The number of carbonyl (C=O) groups is 1. The van der Waals surface area contributed by atoms with Crippen molar-refractivity contribution in [2.45, 2.75) is 6.92 Å². The molecule has 0 aromatic carbocycles. The molecule has 0 bridgehead atoms. The standard InChI is InChI=1S/C4H6O2.C2H4O3S/c1-3-6-4(2)5;1-2-6(3,4)5/h3H,1H2,2H3;2H,1H2,(H,3,4,5). The molecule has 0 spiro atoms. The minimum absolute atomic E-state index is 0.329. The van der Waals surface area contributed by atoms with E-state index in [-0.39, 0.29) is 5.97 Å². The minimum Gasteiger partial charge on any atom is -0.435 e. The van der Waals surface area contributed by atoms with Crippen molar-refractivity contribution < 1.29 is 22.5 Å². The molecule has 0 fully saturated rings. The topological polar surface area (TPSA) is 80.7 Å². The third-order valence-electron chi connectivity index (χ3n) is 0.460. The Hall–Kier alpha value is -1.14. The molecule has 0 aliphatic heterocycles. The first kappa shape index (κ1) is 13.4. The molecule has 0 heterocycles. The molecule has 70 valence electrons. The first-order valence-electron chi connectivity index (χ1n) is 2.71. The van der Waals surface area contributed by atoms with Gasteiger partial charge < -0.3 is 4.74 Å². The summed E-state index contributed by atoms with van der Waals surface area (Å²) in [7, 11) is -3.90. The molecular weight excluding hydrogens is 184 g/mol. The predicted octanol–water partition coefficient (Wildman–Crippen LogP) is 0.711. The summed E-state index contributed by atoms with van der Waals surface area (Å²) in [4.78, 5) is 9.75. The van der Waals surface area contributed by atoms with Crippen LogP contribution in [0.5, 0.6) is 0 Å². The first-order chi connectivity index (χ1) is 5.33. The fourth-order valence-corrected chi connectivity index (χ4v) is 0.117. The van der Waals surface area contributed by atoms with Crippen LogP contribution in [-0.4, -0.2) is 18.9 Å². The third-order valence-corrected chi connectivity index (χ3v) is 0.881. The van der Waals surface area contributed by atoms with Crippen molar-refractivity contribution in [1.29, 1.82) is 0 Å². The van der Waals surface area contributed by atoms with Gasteiger partial charge in [0.05, 0.1) is 11.7 Å². The summed E-state index contributed by atoms with van der Waals surface area (Å²) >= 11 is 0. The Bertz CT molecular complexity index is 240. The second-order valence-electron chi connectivity index (χ2n) is 1.46. The molecule has 0 saturated heterocycles. The Morgan fingerprint density at radius 1 is 1.50 bits per heavy atom. The zero-order valence-electron chi connectivity index (χ0n) is 6.56. The van der Waals surface area contributed by atoms with E-state index in [0.717, 1.165) is 6.26 Å². The highest BCUT2D eigenvalue weighted by Gasteiger charge is 1.87. The fourth-order valence-electron chi connectivity index (χ4n) is 0.117. The number of hydrogen-bond acceptors (Lipinski definition) is 4. The number of esters is 1. The van der Waals surface area contributed by atoms with Gasteiger partial charge >= 0.3 is 5.97 Å². The van der Waals surface area contributed by atoms with Gasteiger partial charge in [0.2, 0.25) is 0 Å². The second-order valence-corrected chi connectivity index (χ2v) is 2.82. The highest BCUT2D eigenvalue weighted by molar-refractivity contribution is 7.88. The van der Waals surface area contributed by atoms with E-state index in [4.69, 9.17) is 4.55 Å². The molecule has 0 aromatic heterocycles. The first-order valence-corrected chi connectivity index (χ1v) is 4.22. The van der Waals surface area contributed by atoms with Crippen molar-refractivity contribution in [1.82, 2.24) is 0 Å². The third kappa shape index (κ3) is 23.2. The summed E-state index contributed by atoms with van der Waals surface area (Å²) < 4.78 is 30.7. The monoisotopic (exact) mass is 194 g/mol. The molecule has 0 unspecified atom stereocenters. The zero-order chi connectivity index (χ0) is 10.2. The van der Waals surface area contributed by atoms with Crippen molar-refractivity contribution >= 4 is 16.1 Å². The zero-order valence-corrected chi connectivity index (χ0v) is 7.37. The molecule has 0 aromatic rings. The Morgan fingerprint density at radius 2 is 1.83 bits per heavy atom. The molecule has 0 amide bonds. The minimum atomic E-state index is -3.90. The summed E-state index contributed by atoms with van der Waals surface area (Å²) in [5.74, 6) is -0.329. The van der Waals surface area contributed by atoms with Gasteiger partial charge in [-0.05, 0) is 0 Å². The second kappa shape index (κ2) is 6.56. The highest BCUT2D eigenvalue weighted by Crippen LogP contribution is 1.75. The van der Waals surface area contributed by atoms with E-state index in [0.29, 0.717) is 5.41 Å². The lowest BCUT2D eigenvalue weighted by molar-refractivity contribution is -0.135. The maximum absolute atomic E-state index is 9.75. The van der Waals surface area contributed by atoms with Gasteiger partial charge in [-0.25, -0.2) is 0 Å². The van der Waals surface area contributed by atoms with Gasteiger partial charge in [-0.1, -0.05) is 13.2 Å². The van der Waals surface area contributed by atoms with E-state index < -0.39 is 10.1 Å². The van der Waals surface area contributed by atoms with Crippen molar-refractivity contribution in [3.05, 3.63) is 24.8 Å². The summed E-state index contributed by atoms with van der Waals surface area (Å²) in [6.45, 7) is 7.27. The van der Waals surface area contributed by atoms with E-state index >= 15 is 0 Å². The fraction of sp³-hybridized carbons (Fsp3) is 0.167. The molecule has 1 N–H and O–H groups in total. The SMILES string of the molecule is C=COC(C)=O.C=CS(=O)(=O)O. The van der Waals surface area contributed by atoms with Crippen LogP contribution in [0.25, 0.3) is 0 Å². The van der Waals surface area contributed by atoms with Crippen LogP contribution in [0.3, 0.4) is 0 Å². The van der Waals surface area contributed by atoms with Crippen LogP contribution in [0.2, 0.25) is 0 Å². The quantitative estimate of drug-likeness (QED) is 0.398. The van der Waals surface area contributed by atoms with Gasteiger partial charge in [0, 0.05) is 6.92 Å². The Morgan fingerprint density at radius 3 is 1.83 bits per heavy atom. The molecule has 0 atom stereocenters. The lowest BCUT2D eigenvalue weighted by atomic mass is 10.8. The number of rotatable bonds is 2. The maximum Gasteiger partial charge on any atom is 0.307 e. The summed E-state index contributed by atoms with van der Waals surface area (Å²) in [6.07, 6.45) is 1.10. The van der Waals surface area contributed by atoms with Crippen molar-refractivity contribution in [3.63, 3.8) is 0 Å². The van der Waals surface area contributed by atoms with Gasteiger partial charge in [-0.3, -0.25) is 9.35 Å². The highest BCUT2D eigenvalue weighted by atomic mass is 32.2. The Balaban J connectivity index is 0. The molecule has 0 rings (SSSR count). The van der Waals surface area contributed by atoms with Gasteiger partial charge in [-0.2, -0.15) is 8.42 Å². The molecule has 0 radical (unpaired) electrons. The van der Waals surface area contributed by atoms with Crippen LogP contribution >= 0.6 is 0 Å². The van der Waals surface area contributed by atoms with Crippen molar-refractivity contribution in [2.75, 3.05) is 0 Å². The molecular formula is C6H10O5S. The number of hydrogen-bond donors (Lipinski definition) is 1. The van der Waals surface area contributed by atoms with Gasteiger partial charge in [-0.15, -0.1) is 0 Å². The van der Waals surface area contributed by atoms with Gasteiger partial charge in [0.25, 0.3) is 10.1 Å². The van der Waals surface area contributed by atoms with Crippen LogP contribution in [0, 0.1) is 0 Å². The van der Waals surface area contributed by atoms with E-state index in [1.54, 1.807) is 0 Å². The van der Waals surface area contributed by atoms with Gasteiger partial charge in [0.1, 0.15) is 0 Å². The molecule has 12 heavy (non-hydrogen) atoms. The Labute approximate surface area is 71.1 Å². The lowest BCUT2D eigenvalue weighted by Crippen LogP contribution is -1.87. The maximum atomic E-state index is 9.75. The summed E-state index contributed by atoms with van der Waals surface area (Å²) in [6, 6.07) is 0. The van der Waals surface area contributed by atoms with E-state index in [1.165, 1.54) is 6.92 Å². The summed E-state index contributed by atoms with van der Waals surface area (Å²) in [5, 5.41) is 0.465. The average Bonchev–Trinajstić information content (AvgIpc) is 1.87. The summed E-state index contributed by atoms with van der Waals surface area (Å²) in [5.41, 5.74) is 0. The number of ether oxygens (including phenoxy) is 1. The van der Waals surface area contributed by atoms with Crippen LogP contribution in [0.1, 0.15) is 6.92 Å². The average molecular weight is 194 g/mol. The largest absolute Gasteiger partial charge is 0.435 e. The molecule has 6 heteroatoms. The van der Waals surface area contributed by atoms with Crippen LogP contribution < -0.4 is 0 Å². The predicted molar refractivity (Wildman–Crippen MR) is 43.7 cm³/mol. The lowest BCUT2D eigenvalue weighted by Gasteiger charge is -1.83. The molecule has 0 saturated carbocycles. The molecule has 5 nitrogen and oxygen atoms in total. The van der Waals surface area contributed by atoms with E-state index in [9.17, 15) is 13.2 Å². The smallest absolute Gasteiger partial charge is 0.307 e. The molecule has 0 aliphatic rings. The molecule has 0 aliphatic carbocycles. The normalized spacial score (nSPS) is 8.83. The Kier molecular flexibility index (Phi) is 7.36. The van der Waals surface area contributed by atoms with E-state index in [2.05, 4.69) is 17.9 Å². The number of carbonyl (C=O) groups excluding carboxylic acids is 1. The van der Waals surface area contributed by atoms with Crippen LogP contribution in [-0.2, 0) is 19.6 Å².